The molecular weight excluding hydrogens is 359 g/mol. The summed E-state index contributed by atoms with van der Waals surface area (Å²) in [5, 5.41) is 3.47. The Morgan fingerprint density at radius 2 is 1.85 bits per heavy atom. The molecule has 2 aromatic rings. The molecule has 0 saturated carbocycles. The molecule has 146 valence electrons. The fourth-order valence-corrected chi connectivity index (χ4v) is 3.50. The van der Waals surface area contributed by atoms with Gasteiger partial charge in [0.25, 0.3) is 5.56 Å². The second-order valence-electron chi connectivity index (χ2n) is 7.89. The van der Waals surface area contributed by atoms with Crippen molar-refractivity contribution in [3.63, 3.8) is 0 Å². The van der Waals surface area contributed by atoms with Gasteiger partial charge in [-0.3, -0.25) is 14.5 Å². The molecule has 0 unspecified atom stereocenters. The van der Waals surface area contributed by atoms with Gasteiger partial charge in [-0.05, 0) is 39.0 Å². The average molecular weight is 381 g/mol. The fourth-order valence-electron chi connectivity index (χ4n) is 3.50. The van der Waals surface area contributed by atoms with Crippen molar-refractivity contribution in [1.29, 1.82) is 0 Å². The first kappa shape index (κ1) is 19.4. The van der Waals surface area contributed by atoms with E-state index in [1.54, 1.807) is 29.2 Å². The fraction of sp³-hybridized carbons (Fsp3) is 0.474. The zero-order valence-electron chi connectivity index (χ0n) is 15.4. The second-order valence-corrected chi connectivity index (χ2v) is 7.89. The summed E-state index contributed by atoms with van der Waals surface area (Å²) in [6.45, 7) is 5.32. The van der Waals surface area contributed by atoms with Crippen molar-refractivity contribution in [3.05, 3.63) is 40.8 Å². The number of halogens is 3. The van der Waals surface area contributed by atoms with Crippen LogP contribution < -0.4 is 10.9 Å². The summed E-state index contributed by atoms with van der Waals surface area (Å²) >= 11 is 0. The lowest BCUT2D eigenvalue weighted by Crippen LogP contribution is -2.40. The number of H-pyrrole nitrogens is 1. The highest BCUT2D eigenvalue weighted by atomic mass is 19.4. The highest BCUT2D eigenvalue weighted by molar-refractivity contribution is 6.02. The van der Waals surface area contributed by atoms with Gasteiger partial charge in [0.05, 0.1) is 11.8 Å². The third-order valence-electron chi connectivity index (χ3n) is 5.10. The van der Waals surface area contributed by atoms with E-state index < -0.39 is 29.5 Å². The van der Waals surface area contributed by atoms with Crippen LogP contribution in [-0.4, -0.2) is 40.6 Å². The van der Waals surface area contributed by atoms with E-state index >= 15 is 0 Å². The highest BCUT2D eigenvalue weighted by Gasteiger charge is 2.53. The minimum Gasteiger partial charge on any atom is -0.329 e. The number of likely N-dealkylation sites (tertiary alicyclic amines) is 1. The van der Waals surface area contributed by atoms with E-state index in [0.717, 1.165) is 0 Å². The maximum absolute atomic E-state index is 13.5. The molecule has 0 aliphatic carbocycles. The Morgan fingerprint density at radius 1 is 1.15 bits per heavy atom. The quantitative estimate of drug-likeness (QED) is 0.838. The largest absolute Gasteiger partial charge is 0.393 e. The van der Waals surface area contributed by atoms with Crippen LogP contribution in [0.4, 0.5) is 18.9 Å². The molecule has 2 atom stereocenters. The number of alkyl halides is 3. The highest BCUT2D eigenvalue weighted by Crippen LogP contribution is 2.40. The molecule has 0 bridgehead atoms. The smallest absolute Gasteiger partial charge is 0.329 e. The van der Waals surface area contributed by atoms with Crippen molar-refractivity contribution in [2.75, 3.05) is 18.4 Å². The van der Waals surface area contributed by atoms with E-state index in [1.165, 1.54) is 6.20 Å². The standard InChI is InChI=1S/C19H22F3N3O2/c1-18(2,3)25-9-13(14(10-25)19(20,21)22)17(27)24-15-6-4-5-12-11(15)7-8-23-16(12)26/h4-8,13-14H,9-10H2,1-3H3,(H,23,26)(H,24,27)/t13-,14-/m1/s1. The number of hydrogen-bond acceptors (Lipinski definition) is 3. The second kappa shape index (κ2) is 6.67. The minimum absolute atomic E-state index is 0.0326. The van der Waals surface area contributed by atoms with E-state index in [-0.39, 0.29) is 18.6 Å². The molecule has 1 aromatic carbocycles. The summed E-state index contributed by atoms with van der Waals surface area (Å²) in [6, 6.07) is 6.38. The lowest BCUT2D eigenvalue weighted by Gasteiger charge is -2.31. The summed E-state index contributed by atoms with van der Waals surface area (Å²) in [5.74, 6) is -3.62. The number of nitrogens with one attached hydrogen (secondary N) is 2. The molecule has 1 aliphatic heterocycles. The molecule has 3 rings (SSSR count). The summed E-state index contributed by atoms with van der Waals surface area (Å²) in [4.78, 5) is 28.9. The summed E-state index contributed by atoms with van der Waals surface area (Å²) < 4.78 is 40.6. The van der Waals surface area contributed by atoms with Crippen LogP contribution in [-0.2, 0) is 4.79 Å². The van der Waals surface area contributed by atoms with Gasteiger partial charge in [-0.15, -0.1) is 0 Å². The average Bonchev–Trinajstić information content (AvgIpc) is 3.02. The van der Waals surface area contributed by atoms with Crippen LogP contribution in [0.1, 0.15) is 20.8 Å². The normalized spacial score (nSPS) is 21.6. The Balaban J connectivity index is 1.91. The molecule has 0 spiro atoms. The van der Waals surface area contributed by atoms with E-state index in [0.29, 0.717) is 16.5 Å². The third-order valence-corrected chi connectivity index (χ3v) is 5.10. The van der Waals surface area contributed by atoms with Gasteiger partial charge in [-0.25, -0.2) is 0 Å². The molecule has 2 N–H and O–H groups in total. The number of pyridine rings is 1. The first-order valence-corrected chi connectivity index (χ1v) is 8.71. The number of hydrogen-bond donors (Lipinski definition) is 2. The van der Waals surface area contributed by atoms with Gasteiger partial charge in [0, 0.05) is 41.3 Å². The molecule has 1 saturated heterocycles. The van der Waals surface area contributed by atoms with E-state index in [2.05, 4.69) is 10.3 Å². The first-order chi connectivity index (χ1) is 12.5. The molecule has 0 radical (unpaired) electrons. The predicted octanol–water partition coefficient (Wildman–Crippen LogP) is 3.38. The number of anilines is 1. The lowest BCUT2D eigenvalue weighted by molar-refractivity contribution is -0.182. The van der Waals surface area contributed by atoms with Gasteiger partial charge in [-0.1, -0.05) is 6.07 Å². The Hall–Kier alpha value is -2.35. The van der Waals surface area contributed by atoms with Gasteiger partial charge in [0.2, 0.25) is 5.91 Å². The van der Waals surface area contributed by atoms with Crippen LogP contribution in [0.3, 0.4) is 0 Å². The van der Waals surface area contributed by atoms with Crippen molar-refractivity contribution in [2.45, 2.75) is 32.5 Å². The molecule has 5 nitrogen and oxygen atoms in total. The number of benzene rings is 1. The number of fused-ring (bicyclic) bond motifs is 1. The molecule has 1 amide bonds. The molecular formula is C19H22F3N3O2. The zero-order chi connectivity index (χ0) is 20.0. The Labute approximate surface area is 154 Å². The Kier molecular flexibility index (Phi) is 4.80. The summed E-state index contributed by atoms with van der Waals surface area (Å²) in [5.41, 5.74) is -0.457. The minimum atomic E-state index is -4.46. The van der Waals surface area contributed by atoms with E-state index in [1.807, 2.05) is 20.8 Å². The number of nitrogens with zero attached hydrogens (tertiary/aromatic N) is 1. The van der Waals surface area contributed by atoms with Gasteiger partial charge in [0.1, 0.15) is 0 Å². The SMILES string of the molecule is CC(C)(C)N1C[C@@H](C(F)(F)F)[C@H](C(=O)Nc2cccc3c(=O)[nH]ccc23)C1. The van der Waals surface area contributed by atoms with Crippen molar-refractivity contribution < 1.29 is 18.0 Å². The summed E-state index contributed by atoms with van der Waals surface area (Å²) in [7, 11) is 0. The number of rotatable bonds is 2. The van der Waals surface area contributed by atoms with Crippen LogP contribution in [0.5, 0.6) is 0 Å². The maximum Gasteiger partial charge on any atom is 0.393 e. The topological polar surface area (TPSA) is 65.2 Å². The molecule has 27 heavy (non-hydrogen) atoms. The number of carbonyl (C=O) groups excluding carboxylic acids is 1. The van der Waals surface area contributed by atoms with Gasteiger partial charge in [0.15, 0.2) is 0 Å². The molecule has 2 heterocycles. The van der Waals surface area contributed by atoms with Crippen LogP contribution in [0.2, 0.25) is 0 Å². The van der Waals surface area contributed by atoms with Crippen molar-refractivity contribution in [2.24, 2.45) is 11.8 Å². The van der Waals surface area contributed by atoms with Gasteiger partial charge >= 0.3 is 6.18 Å². The van der Waals surface area contributed by atoms with Crippen LogP contribution in [0.15, 0.2) is 35.3 Å². The van der Waals surface area contributed by atoms with Gasteiger partial charge < -0.3 is 10.3 Å². The third kappa shape index (κ3) is 3.85. The van der Waals surface area contributed by atoms with Gasteiger partial charge in [-0.2, -0.15) is 13.2 Å². The Morgan fingerprint density at radius 3 is 2.48 bits per heavy atom. The number of carbonyl (C=O) groups is 1. The maximum atomic E-state index is 13.5. The number of amides is 1. The first-order valence-electron chi connectivity index (χ1n) is 8.71. The lowest BCUT2D eigenvalue weighted by atomic mass is 9.94. The van der Waals surface area contributed by atoms with Crippen molar-refractivity contribution in [1.82, 2.24) is 9.88 Å². The number of aromatic nitrogens is 1. The molecule has 8 heteroatoms. The predicted molar refractivity (Wildman–Crippen MR) is 97.6 cm³/mol. The monoisotopic (exact) mass is 381 g/mol. The molecule has 1 aliphatic rings. The van der Waals surface area contributed by atoms with E-state index in [4.69, 9.17) is 0 Å². The Bertz CT molecular complexity index is 915. The van der Waals surface area contributed by atoms with Crippen LogP contribution >= 0.6 is 0 Å². The van der Waals surface area contributed by atoms with Crippen molar-refractivity contribution >= 4 is 22.4 Å². The van der Waals surface area contributed by atoms with Crippen LogP contribution in [0, 0.1) is 11.8 Å². The molecule has 1 aromatic heterocycles. The van der Waals surface area contributed by atoms with E-state index in [9.17, 15) is 22.8 Å². The van der Waals surface area contributed by atoms with Crippen molar-refractivity contribution in [3.8, 4) is 0 Å². The molecule has 1 fully saturated rings. The number of aromatic amines is 1. The summed E-state index contributed by atoms with van der Waals surface area (Å²) in [6.07, 6.45) is -3.02. The zero-order valence-corrected chi connectivity index (χ0v) is 15.4. The van der Waals surface area contributed by atoms with Crippen LogP contribution in [0.25, 0.3) is 10.8 Å².